The summed E-state index contributed by atoms with van der Waals surface area (Å²) in [6, 6.07) is 4.90. The van der Waals surface area contributed by atoms with E-state index in [2.05, 4.69) is 29.8 Å². The number of benzene rings is 1. The number of hydrogen-bond donors (Lipinski definition) is 1. The van der Waals surface area contributed by atoms with Crippen LogP contribution in [0, 0.1) is 5.92 Å². The fourth-order valence-electron chi connectivity index (χ4n) is 1.42. The summed E-state index contributed by atoms with van der Waals surface area (Å²) in [5, 5.41) is 8.85. The fourth-order valence-corrected chi connectivity index (χ4v) is 1.91. The molecule has 1 aromatic carbocycles. The van der Waals surface area contributed by atoms with E-state index in [1.165, 1.54) is 0 Å². The standard InChI is InChI=1S/C14H19BrO4/c1-10(2)8-18-5-6-19-9-12-4-3-11(14(16)17)7-13(12)15/h3-4,7,10H,5-6,8-9H2,1-2H3,(H,16,17). The first-order valence-electron chi connectivity index (χ1n) is 6.18. The summed E-state index contributed by atoms with van der Waals surface area (Å²) in [5.74, 6) is -0.409. The lowest BCUT2D eigenvalue weighted by molar-refractivity contribution is 0.0313. The molecule has 0 aromatic heterocycles. The second-order valence-corrected chi connectivity index (χ2v) is 5.49. The van der Waals surface area contributed by atoms with Gasteiger partial charge in [0.25, 0.3) is 0 Å². The second-order valence-electron chi connectivity index (χ2n) is 4.63. The normalized spacial score (nSPS) is 10.9. The quantitative estimate of drug-likeness (QED) is 0.743. The Morgan fingerprint density at radius 3 is 2.58 bits per heavy atom. The van der Waals surface area contributed by atoms with Crippen LogP contribution in [0.3, 0.4) is 0 Å². The van der Waals surface area contributed by atoms with Gasteiger partial charge < -0.3 is 14.6 Å². The molecule has 5 heteroatoms. The molecule has 106 valence electrons. The van der Waals surface area contributed by atoms with Gasteiger partial charge in [-0.05, 0) is 23.6 Å². The Hall–Kier alpha value is -0.910. The first-order valence-corrected chi connectivity index (χ1v) is 6.97. The summed E-state index contributed by atoms with van der Waals surface area (Å²) >= 11 is 3.34. The van der Waals surface area contributed by atoms with Crippen molar-refractivity contribution < 1.29 is 19.4 Å². The average Bonchev–Trinajstić information content (AvgIpc) is 2.34. The molecule has 0 amide bonds. The summed E-state index contributed by atoms with van der Waals surface area (Å²) in [6.45, 7) is 6.47. The van der Waals surface area contributed by atoms with Crippen LogP contribution in [0.15, 0.2) is 22.7 Å². The molecule has 1 rings (SSSR count). The highest BCUT2D eigenvalue weighted by Crippen LogP contribution is 2.19. The molecule has 0 bridgehead atoms. The Morgan fingerprint density at radius 1 is 1.32 bits per heavy atom. The Balaban J connectivity index is 2.32. The summed E-state index contributed by atoms with van der Waals surface area (Å²) in [4.78, 5) is 10.8. The van der Waals surface area contributed by atoms with Crippen LogP contribution in [0.5, 0.6) is 0 Å². The molecule has 0 fully saturated rings. The Morgan fingerprint density at radius 2 is 2.00 bits per heavy atom. The van der Waals surface area contributed by atoms with Crippen molar-refractivity contribution >= 4 is 21.9 Å². The molecule has 0 saturated heterocycles. The van der Waals surface area contributed by atoms with Gasteiger partial charge in [0.2, 0.25) is 0 Å². The van der Waals surface area contributed by atoms with Crippen molar-refractivity contribution in [1.29, 1.82) is 0 Å². The van der Waals surface area contributed by atoms with Crippen molar-refractivity contribution in [3.8, 4) is 0 Å². The molecule has 0 aliphatic heterocycles. The van der Waals surface area contributed by atoms with Crippen molar-refractivity contribution in [2.45, 2.75) is 20.5 Å². The Bertz CT molecular complexity index is 418. The molecule has 0 saturated carbocycles. The molecule has 0 aliphatic carbocycles. The van der Waals surface area contributed by atoms with E-state index in [9.17, 15) is 4.79 Å². The second kappa shape index (κ2) is 8.30. The maximum absolute atomic E-state index is 10.8. The number of carboxylic acid groups (broad SMARTS) is 1. The number of rotatable bonds is 8. The molecule has 0 heterocycles. The molecular weight excluding hydrogens is 312 g/mol. The van der Waals surface area contributed by atoms with Gasteiger partial charge in [0.15, 0.2) is 0 Å². The molecule has 0 atom stereocenters. The maximum atomic E-state index is 10.8. The number of ether oxygens (including phenoxy) is 2. The molecular formula is C14H19BrO4. The van der Waals surface area contributed by atoms with Gasteiger partial charge in [0.05, 0.1) is 25.4 Å². The number of carboxylic acids is 1. The Labute approximate surface area is 121 Å². The van der Waals surface area contributed by atoms with E-state index in [1.54, 1.807) is 18.2 Å². The zero-order valence-corrected chi connectivity index (χ0v) is 12.8. The minimum atomic E-state index is -0.935. The van der Waals surface area contributed by atoms with E-state index in [0.29, 0.717) is 25.7 Å². The van der Waals surface area contributed by atoms with Gasteiger partial charge in [-0.2, -0.15) is 0 Å². The molecule has 0 aliphatic rings. The summed E-state index contributed by atoms with van der Waals surface area (Å²) < 4.78 is 11.6. The van der Waals surface area contributed by atoms with Crippen LogP contribution >= 0.6 is 15.9 Å². The van der Waals surface area contributed by atoms with Crippen molar-refractivity contribution in [2.24, 2.45) is 5.92 Å². The molecule has 0 unspecified atom stereocenters. The highest BCUT2D eigenvalue weighted by Gasteiger charge is 2.06. The predicted molar refractivity (Wildman–Crippen MR) is 76.4 cm³/mol. The van der Waals surface area contributed by atoms with Gasteiger partial charge in [-0.1, -0.05) is 35.8 Å². The largest absolute Gasteiger partial charge is 0.478 e. The van der Waals surface area contributed by atoms with E-state index in [1.807, 2.05) is 0 Å². The van der Waals surface area contributed by atoms with Crippen LogP contribution in [0.4, 0.5) is 0 Å². The van der Waals surface area contributed by atoms with Crippen LogP contribution in [-0.4, -0.2) is 30.9 Å². The van der Waals surface area contributed by atoms with E-state index in [-0.39, 0.29) is 5.56 Å². The lowest BCUT2D eigenvalue weighted by Gasteiger charge is -2.09. The van der Waals surface area contributed by atoms with E-state index >= 15 is 0 Å². The summed E-state index contributed by atoms with van der Waals surface area (Å²) in [6.07, 6.45) is 0. The number of hydrogen-bond acceptors (Lipinski definition) is 3. The van der Waals surface area contributed by atoms with Crippen LogP contribution in [-0.2, 0) is 16.1 Å². The Kier molecular flexibility index (Phi) is 7.05. The van der Waals surface area contributed by atoms with Crippen LogP contribution < -0.4 is 0 Å². The fraction of sp³-hybridized carbons (Fsp3) is 0.500. The number of aromatic carboxylic acids is 1. The van der Waals surface area contributed by atoms with Crippen LogP contribution in [0.25, 0.3) is 0 Å². The zero-order valence-electron chi connectivity index (χ0n) is 11.2. The van der Waals surface area contributed by atoms with Crippen molar-refractivity contribution in [3.05, 3.63) is 33.8 Å². The van der Waals surface area contributed by atoms with Crippen molar-refractivity contribution in [2.75, 3.05) is 19.8 Å². The molecule has 19 heavy (non-hydrogen) atoms. The van der Waals surface area contributed by atoms with Crippen molar-refractivity contribution in [3.63, 3.8) is 0 Å². The minimum Gasteiger partial charge on any atom is -0.478 e. The first kappa shape index (κ1) is 16.1. The lowest BCUT2D eigenvalue weighted by Crippen LogP contribution is -2.08. The average molecular weight is 331 g/mol. The number of halogens is 1. The summed E-state index contributed by atoms with van der Waals surface area (Å²) in [7, 11) is 0. The molecule has 0 spiro atoms. The van der Waals surface area contributed by atoms with E-state index in [0.717, 1.165) is 16.6 Å². The molecule has 0 radical (unpaired) electrons. The smallest absolute Gasteiger partial charge is 0.335 e. The van der Waals surface area contributed by atoms with Crippen LogP contribution in [0.1, 0.15) is 29.8 Å². The number of carbonyl (C=O) groups is 1. The third-order valence-corrected chi connectivity index (χ3v) is 3.12. The minimum absolute atomic E-state index is 0.260. The maximum Gasteiger partial charge on any atom is 0.335 e. The first-order chi connectivity index (χ1) is 9.00. The van der Waals surface area contributed by atoms with Gasteiger partial charge in [0, 0.05) is 11.1 Å². The predicted octanol–water partition coefficient (Wildman–Crippen LogP) is 3.34. The monoisotopic (exact) mass is 330 g/mol. The third-order valence-electron chi connectivity index (χ3n) is 2.38. The van der Waals surface area contributed by atoms with E-state index in [4.69, 9.17) is 14.6 Å². The van der Waals surface area contributed by atoms with Gasteiger partial charge in [-0.3, -0.25) is 0 Å². The van der Waals surface area contributed by atoms with Gasteiger partial charge >= 0.3 is 5.97 Å². The lowest BCUT2D eigenvalue weighted by atomic mass is 10.1. The summed E-state index contributed by atoms with van der Waals surface area (Å²) in [5.41, 5.74) is 1.18. The zero-order chi connectivity index (χ0) is 14.3. The molecule has 4 nitrogen and oxygen atoms in total. The van der Waals surface area contributed by atoms with Gasteiger partial charge in [-0.25, -0.2) is 4.79 Å². The topological polar surface area (TPSA) is 55.8 Å². The van der Waals surface area contributed by atoms with Gasteiger partial charge in [0.1, 0.15) is 0 Å². The van der Waals surface area contributed by atoms with Gasteiger partial charge in [-0.15, -0.1) is 0 Å². The molecule has 1 aromatic rings. The SMILES string of the molecule is CC(C)COCCOCc1ccc(C(=O)O)cc1Br. The van der Waals surface area contributed by atoms with Crippen molar-refractivity contribution in [1.82, 2.24) is 0 Å². The highest BCUT2D eigenvalue weighted by molar-refractivity contribution is 9.10. The molecule has 1 N–H and O–H groups in total. The highest BCUT2D eigenvalue weighted by atomic mass is 79.9. The van der Waals surface area contributed by atoms with E-state index < -0.39 is 5.97 Å². The third kappa shape index (κ3) is 6.18. The van der Waals surface area contributed by atoms with Crippen LogP contribution in [0.2, 0.25) is 0 Å².